The molecular formula is C15H22N6OS. The number of thiazole rings is 1. The Hall–Kier alpha value is -1.93. The summed E-state index contributed by atoms with van der Waals surface area (Å²) in [4.78, 5) is 22.6. The quantitative estimate of drug-likeness (QED) is 0.896. The minimum atomic E-state index is -0.336. The van der Waals surface area contributed by atoms with Gasteiger partial charge in [-0.2, -0.15) is 5.10 Å². The van der Waals surface area contributed by atoms with Crippen molar-refractivity contribution < 1.29 is 4.79 Å². The molecule has 0 bridgehead atoms. The number of carbonyl (C=O) groups is 1. The third-order valence-electron chi connectivity index (χ3n) is 4.06. The molecule has 3 heterocycles. The van der Waals surface area contributed by atoms with Crippen molar-refractivity contribution in [3.63, 3.8) is 0 Å². The number of rotatable bonds is 4. The number of amides is 1. The molecule has 0 spiro atoms. The molecule has 1 aliphatic heterocycles. The number of carbonyl (C=O) groups excluding carboxylic acids is 1. The molecule has 2 aromatic rings. The fraction of sp³-hybridized carbons (Fsp3) is 0.533. The van der Waals surface area contributed by atoms with Crippen LogP contribution in [0, 0.1) is 6.92 Å². The van der Waals surface area contributed by atoms with E-state index >= 15 is 0 Å². The van der Waals surface area contributed by atoms with Crippen LogP contribution >= 0.6 is 11.3 Å². The number of aromatic nitrogens is 3. The standard InChI is InChI=1S/C15H22N6OS/c1-11-8-17-15(23-11)21-6-4-20(5-7-21)14(22)13(16-2)12-9-18-19(3)10-12/h8-10,13,16H,4-7H2,1-3H3. The normalized spacial score (nSPS) is 16.7. The molecule has 1 atom stereocenters. The van der Waals surface area contributed by atoms with E-state index in [0.717, 1.165) is 36.9 Å². The number of hydrogen-bond donors (Lipinski definition) is 1. The van der Waals surface area contributed by atoms with Gasteiger partial charge in [0.05, 0.1) is 6.20 Å². The lowest BCUT2D eigenvalue weighted by Crippen LogP contribution is -2.51. The highest BCUT2D eigenvalue weighted by Crippen LogP contribution is 2.23. The minimum Gasteiger partial charge on any atom is -0.345 e. The van der Waals surface area contributed by atoms with Crippen LogP contribution in [0.3, 0.4) is 0 Å². The van der Waals surface area contributed by atoms with Gasteiger partial charge in [-0.05, 0) is 14.0 Å². The minimum absolute atomic E-state index is 0.107. The highest BCUT2D eigenvalue weighted by Gasteiger charge is 2.29. The van der Waals surface area contributed by atoms with Crippen molar-refractivity contribution in [2.45, 2.75) is 13.0 Å². The maximum Gasteiger partial charge on any atom is 0.244 e. The molecule has 0 aliphatic carbocycles. The van der Waals surface area contributed by atoms with Gasteiger partial charge in [0.25, 0.3) is 0 Å². The van der Waals surface area contributed by atoms with Gasteiger partial charge in [-0.25, -0.2) is 4.98 Å². The summed E-state index contributed by atoms with van der Waals surface area (Å²) in [6, 6.07) is -0.336. The van der Waals surface area contributed by atoms with Gasteiger partial charge in [0.15, 0.2) is 5.13 Å². The first-order valence-corrected chi connectivity index (χ1v) is 8.52. The molecule has 124 valence electrons. The summed E-state index contributed by atoms with van der Waals surface area (Å²) < 4.78 is 1.72. The third kappa shape index (κ3) is 3.37. The summed E-state index contributed by atoms with van der Waals surface area (Å²) >= 11 is 1.70. The van der Waals surface area contributed by atoms with Crippen LogP contribution in [0.5, 0.6) is 0 Å². The maximum absolute atomic E-state index is 12.8. The van der Waals surface area contributed by atoms with Crippen molar-refractivity contribution in [1.82, 2.24) is 25.0 Å². The number of anilines is 1. The second-order valence-corrected chi connectivity index (χ2v) is 6.95. The van der Waals surface area contributed by atoms with Crippen LogP contribution in [0.2, 0.25) is 0 Å². The smallest absolute Gasteiger partial charge is 0.244 e. The predicted octanol–water partition coefficient (Wildman–Crippen LogP) is 0.794. The largest absolute Gasteiger partial charge is 0.345 e. The average Bonchev–Trinajstić information content (AvgIpc) is 3.17. The Morgan fingerprint density at radius 1 is 1.30 bits per heavy atom. The van der Waals surface area contributed by atoms with Gasteiger partial charge < -0.3 is 15.1 Å². The van der Waals surface area contributed by atoms with E-state index in [1.54, 1.807) is 22.2 Å². The van der Waals surface area contributed by atoms with Gasteiger partial charge in [0.2, 0.25) is 5.91 Å². The topological polar surface area (TPSA) is 66.3 Å². The number of hydrogen-bond acceptors (Lipinski definition) is 6. The summed E-state index contributed by atoms with van der Waals surface area (Å²) in [6.07, 6.45) is 5.53. The van der Waals surface area contributed by atoms with E-state index in [1.807, 2.05) is 31.4 Å². The third-order valence-corrected chi connectivity index (χ3v) is 5.04. The van der Waals surface area contributed by atoms with E-state index in [9.17, 15) is 4.79 Å². The molecule has 23 heavy (non-hydrogen) atoms. The van der Waals surface area contributed by atoms with Crippen molar-refractivity contribution in [2.75, 3.05) is 38.1 Å². The van der Waals surface area contributed by atoms with Crippen molar-refractivity contribution in [3.8, 4) is 0 Å². The molecule has 0 aromatic carbocycles. The number of aryl methyl sites for hydroxylation is 2. The Bertz CT molecular complexity index is 673. The lowest BCUT2D eigenvalue weighted by atomic mass is 10.1. The van der Waals surface area contributed by atoms with E-state index in [4.69, 9.17) is 0 Å². The summed E-state index contributed by atoms with van der Waals surface area (Å²) in [6.45, 7) is 5.14. The predicted molar refractivity (Wildman–Crippen MR) is 90.7 cm³/mol. The van der Waals surface area contributed by atoms with Crippen molar-refractivity contribution in [1.29, 1.82) is 0 Å². The van der Waals surface area contributed by atoms with Crippen LogP contribution in [0.15, 0.2) is 18.6 Å². The molecule has 1 fully saturated rings. The summed E-state index contributed by atoms with van der Waals surface area (Å²) in [7, 11) is 3.67. The van der Waals surface area contributed by atoms with Crippen LogP contribution < -0.4 is 10.2 Å². The second-order valence-electron chi connectivity index (χ2n) is 5.73. The van der Waals surface area contributed by atoms with E-state index in [-0.39, 0.29) is 11.9 Å². The Kier molecular flexibility index (Phi) is 4.63. The summed E-state index contributed by atoms with van der Waals surface area (Å²) in [5.74, 6) is 0.107. The van der Waals surface area contributed by atoms with Crippen LogP contribution in [-0.2, 0) is 11.8 Å². The average molecular weight is 334 g/mol. The van der Waals surface area contributed by atoms with Crippen LogP contribution in [0.25, 0.3) is 0 Å². The second kappa shape index (κ2) is 6.67. The van der Waals surface area contributed by atoms with Crippen molar-refractivity contribution in [3.05, 3.63) is 29.0 Å². The highest BCUT2D eigenvalue weighted by molar-refractivity contribution is 7.15. The van der Waals surface area contributed by atoms with Crippen LogP contribution in [0.1, 0.15) is 16.5 Å². The lowest BCUT2D eigenvalue weighted by Gasteiger charge is -2.36. The van der Waals surface area contributed by atoms with Gasteiger partial charge >= 0.3 is 0 Å². The van der Waals surface area contributed by atoms with Gasteiger partial charge in [0.1, 0.15) is 6.04 Å². The first-order valence-electron chi connectivity index (χ1n) is 7.70. The zero-order chi connectivity index (χ0) is 16.4. The Morgan fingerprint density at radius 2 is 2.04 bits per heavy atom. The monoisotopic (exact) mass is 334 g/mol. The molecular weight excluding hydrogens is 312 g/mol. The Morgan fingerprint density at radius 3 is 2.57 bits per heavy atom. The lowest BCUT2D eigenvalue weighted by molar-refractivity contribution is -0.133. The zero-order valence-corrected chi connectivity index (χ0v) is 14.5. The van der Waals surface area contributed by atoms with Crippen LogP contribution in [0.4, 0.5) is 5.13 Å². The SMILES string of the molecule is CNC(C(=O)N1CCN(c2ncc(C)s2)CC1)c1cnn(C)c1. The first-order chi connectivity index (χ1) is 11.1. The number of nitrogens with one attached hydrogen (secondary N) is 1. The van der Waals surface area contributed by atoms with E-state index < -0.39 is 0 Å². The highest BCUT2D eigenvalue weighted by atomic mass is 32.1. The molecule has 7 nitrogen and oxygen atoms in total. The molecule has 1 saturated heterocycles. The molecule has 1 amide bonds. The van der Waals surface area contributed by atoms with Gasteiger partial charge in [-0.15, -0.1) is 11.3 Å². The molecule has 1 aliphatic rings. The van der Waals surface area contributed by atoms with E-state index in [2.05, 4.69) is 27.2 Å². The number of nitrogens with zero attached hydrogens (tertiary/aromatic N) is 5. The molecule has 0 radical (unpaired) electrons. The number of piperazine rings is 1. The molecule has 8 heteroatoms. The Balaban J connectivity index is 1.63. The van der Waals surface area contributed by atoms with E-state index in [1.165, 1.54) is 4.88 Å². The maximum atomic E-state index is 12.8. The zero-order valence-electron chi connectivity index (χ0n) is 13.7. The molecule has 3 rings (SSSR count). The van der Waals surface area contributed by atoms with Crippen molar-refractivity contribution >= 4 is 22.4 Å². The van der Waals surface area contributed by atoms with Gasteiger partial charge in [0, 0.05) is 56.1 Å². The first kappa shape index (κ1) is 15.9. The Labute approximate surface area is 139 Å². The summed E-state index contributed by atoms with van der Waals surface area (Å²) in [5.41, 5.74) is 0.901. The van der Waals surface area contributed by atoms with Crippen LogP contribution in [-0.4, -0.2) is 58.8 Å². The summed E-state index contributed by atoms with van der Waals surface area (Å²) in [5, 5.41) is 8.31. The molecule has 1 N–H and O–H groups in total. The fourth-order valence-electron chi connectivity index (χ4n) is 2.81. The molecule has 2 aromatic heterocycles. The molecule has 0 saturated carbocycles. The van der Waals surface area contributed by atoms with Gasteiger partial charge in [-0.1, -0.05) is 0 Å². The van der Waals surface area contributed by atoms with Gasteiger partial charge in [-0.3, -0.25) is 9.48 Å². The fourth-order valence-corrected chi connectivity index (χ4v) is 3.62. The number of likely N-dealkylation sites (N-methyl/N-ethyl adjacent to an activating group) is 1. The van der Waals surface area contributed by atoms with Crippen molar-refractivity contribution in [2.24, 2.45) is 7.05 Å². The van der Waals surface area contributed by atoms with E-state index in [0.29, 0.717) is 0 Å². The molecule has 1 unspecified atom stereocenters.